The van der Waals surface area contributed by atoms with Crippen molar-refractivity contribution in [3.05, 3.63) is 0 Å². The molecule has 0 aromatic carbocycles. The molecule has 12 nitrogen and oxygen atoms in total. The molecule has 5 rings (SSSR count). The van der Waals surface area contributed by atoms with Gasteiger partial charge in [-0.1, -0.05) is 0 Å². The molecule has 5 saturated heterocycles. The van der Waals surface area contributed by atoms with Crippen LogP contribution in [0.2, 0.25) is 0 Å². The fourth-order valence-electron chi connectivity index (χ4n) is 5.50. The highest BCUT2D eigenvalue weighted by molar-refractivity contribution is 5.79. The van der Waals surface area contributed by atoms with Crippen LogP contribution < -0.4 is 5.32 Å². The summed E-state index contributed by atoms with van der Waals surface area (Å²) in [6, 6.07) is 3.48. The standard InChI is InChI=1S/C21H29N5O7/c1-28-8-13-2-14(3-22)26(6-13)18(27)5-24-15-7-25(16(15)4-23)10-21-20(31-12-33-21)19-17(9-32-21)29-11-30-19/h13-17,19-20,24H,2,5-12H2,1H3/t13?,14-,15?,16+,17+,19+,20-,21-/m0/s1. The van der Waals surface area contributed by atoms with Crippen LogP contribution in [-0.4, -0.2) is 118 Å². The van der Waals surface area contributed by atoms with Crippen LogP contribution in [0.25, 0.3) is 0 Å². The molecular formula is C21H29N5O7. The Kier molecular flexibility index (Phi) is 6.53. The Balaban J connectivity index is 1.14. The monoisotopic (exact) mass is 463 g/mol. The third-order valence-electron chi connectivity index (χ3n) is 7.22. The van der Waals surface area contributed by atoms with Crippen molar-refractivity contribution in [1.82, 2.24) is 15.1 Å². The van der Waals surface area contributed by atoms with Crippen LogP contribution in [0.1, 0.15) is 6.42 Å². The summed E-state index contributed by atoms with van der Waals surface area (Å²) in [6.45, 7) is 2.67. The number of carbonyl (C=O) groups is 1. The number of hydrogen-bond donors (Lipinski definition) is 1. The molecule has 1 N–H and O–H groups in total. The van der Waals surface area contributed by atoms with E-state index < -0.39 is 24.0 Å². The largest absolute Gasteiger partial charge is 0.384 e. The van der Waals surface area contributed by atoms with Crippen LogP contribution in [0.4, 0.5) is 0 Å². The van der Waals surface area contributed by atoms with Gasteiger partial charge in [-0.15, -0.1) is 0 Å². The molecule has 33 heavy (non-hydrogen) atoms. The van der Waals surface area contributed by atoms with Gasteiger partial charge in [-0.2, -0.15) is 10.5 Å². The van der Waals surface area contributed by atoms with Crippen LogP contribution in [0.5, 0.6) is 0 Å². The van der Waals surface area contributed by atoms with Crippen LogP contribution in [0.15, 0.2) is 0 Å². The van der Waals surface area contributed by atoms with E-state index in [2.05, 4.69) is 17.5 Å². The van der Waals surface area contributed by atoms with Gasteiger partial charge in [-0.3, -0.25) is 9.69 Å². The predicted octanol–water partition coefficient (Wildman–Crippen LogP) is -1.62. The fourth-order valence-corrected chi connectivity index (χ4v) is 5.50. The molecule has 5 heterocycles. The van der Waals surface area contributed by atoms with E-state index in [1.165, 1.54) is 0 Å². The number of fused-ring (bicyclic) bond motifs is 3. The molecule has 12 heteroatoms. The number of likely N-dealkylation sites (tertiary alicyclic amines) is 2. The van der Waals surface area contributed by atoms with E-state index in [-0.39, 0.29) is 50.2 Å². The number of nitrogens with one attached hydrogen (secondary N) is 1. The molecule has 0 aromatic heterocycles. The summed E-state index contributed by atoms with van der Waals surface area (Å²) < 4.78 is 34.0. The van der Waals surface area contributed by atoms with Crippen molar-refractivity contribution < 1.29 is 33.2 Å². The van der Waals surface area contributed by atoms with Gasteiger partial charge in [0.2, 0.25) is 11.7 Å². The molecule has 0 aromatic rings. The predicted molar refractivity (Wildman–Crippen MR) is 108 cm³/mol. The van der Waals surface area contributed by atoms with E-state index in [0.717, 1.165) is 0 Å². The summed E-state index contributed by atoms with van der Waals surface area (Å²) in [7, 11) is 1.62. The number of carbonyl (C=O) groups excluding carboxylic acids is 1. The minimum Gasteiger partial charge on any atom is -0.384 e. The number of ether oxygens (including phenoxy) is 6. The van der Waals surface area contributed by atoms with Crippen LogP contribution in [-0.2, 0) is 33.2 Å². The SMILES string of the molecule is COCC1C[C@@H](C#N)N(C(=O)CNC2CN(C[C@]34OCO[C@H]3[C@@H]3OCO[C@@H]3CO4)[C@@H]2C#N)C1. The summed E-state index contributed by atoms with van der Waals surface area (Å²) in [5.74, 6) is -0.974. The fraction of sp³-hybridized carbons (Fsp3) is 0.857. The highest BCUT2D eigenvalue weighted by Gasteiger charge is 2.60. The number of methoxy groups -OCH3 is 1. The molecule has 0 radical (unpaired) electrons. The highest BCUT2D eigenvalue weighted by Crippen LogP contribution is 2.40. The Hall–Kier alpha value is -1.87. The lowest BCUT2D eigenvalue weighted by Gasteiger charge is -2.50. The molecule has 0 bridgehead atoms. The average molecular weight is 463 g/mol. The van der Waals surface area contributed by atoms with Crippen LogP contribution in [0, 0.1) is 28.6 Å². The Bertz CT molecular complexity index is 833. The lowest BCUT2D eigenvalue weighted by Crippen LogP contribution is -2.71. The number of nitrogens with zero attached hydrogens (tertiary/aromatic N) is 4. The van der Waals surface area contributed by atoms with Gasteiger partial charge in [0.05, 0.1) is 38.4 Å². The second-order valence-electron chi connectivity index (χ2n) is 9.17. The lowest BCUT2D eigenvalue weighted by atomic mass is 9.91. The van der Waals surface area contributed by atoms with Gasteiger partial charge >= 0.3 is 0 Å². The van der Waals surface area contributed by atoms with Crippen molar-refractivity contribution in [2.24, 2.45) is 5.92 Å². The Labute approximate surface area is 192 Å². The summed E-state index contributed by atoms with van der Waals surface area (Å²) in [5, 5.41) is 22.4. The van der Waals surface area contributed by atoms with E-state index >= 15 is 0 Å². The van der Waals surface area contributed by atoms with E-state index in [0.29, 0.717) is 39.3 Å². The summed E-state index contributed by atoms with van der Waals surface area (Å²) in [4.78, 5) is 16.3. The maximum atomic E-state index is 12.7. The van der Waals surface area contributed by atoms with Gasteiger partial charge in [0.25, 0.3) is 0 Å². The molecular weight excluding hydrogens is 434 g/mol. The van der Waals surface area contributed by atoms with Crippen molar-refractivity contribution in [1.29, 1.82) is 10.5 Å². The first kappa shape index (κ1) is 22.9. The van der Waals surface area contributed by atoms with Crippen molar-refractivity contribution in [3.63, 3.8) is 0 Å². The Morgan fingerprint density at radius 2 is 2.06 bits per heavy atom. The number of amides is 1. The maximum absolute atomic E-state index is 12.7. The minimum absolute atomic E-state index is 0.0768. The summed E-state index contributed by atoms with van der Waals surface area (Å²) in [6.07, 6.45) is -0.245. The second-order valence-corrected chi connectivity index (χ2v) is 9.17. The van der Waals surface area contributed by atoms with Gasteiger partial charge in [0.15, 0.2) is 6.79 Å². The molecule has 5 aliphatic rings. The zero-order valence-electron chi connectivity index (χ0n) is 18.6. The van der Waals surface area contributed by atoms with E-state index in [1.807, 2.05) is 4.90 Å². The number of nitriles is 2. The van der Waals surface area contributed by atoms with Crippen molar-refractivity contribution >= 4 is 5.91 Å². The number of hydrogen-bond acceptors (Lipinski definition) is 11. The Morgan fingerprint density at radius 3 is 2.85 bits per heavy atom. The zero-order valence-corrected chi connectivity index (χ0v) is 18.6. The quantitative estimate of drug-likeness (QED) is 0.466. The first-order chi connectivity index (χ1) is 16.1. The minimum atomic E-state index is -1.00. The van der Waals surface area contributed by atoms with Crippen molar-refractivity contribution in [3.8, 4) is 12.1 Å². The van der Waals surface area contributed by atoms with E-state index in [4.69, 9.17) is 28.4 Å². The van der Waals surface area contributed by atoms with Gasteiger partial charge in [-0.05, 0) is 6.42 Å². The summed E-state index contributed by atoms with van der Waals surface area (Å²) in [5.41, 5.74) is 0. The van der Waals surface area contributed by atoms with E-state index in [1.54, 1.807) is 12.0 Å². The molecule has 2 unspecified atom stereocenters. The maximum Gasteiger partial charge on any atom is 0.237 e. The average Bonchev–Trinajstić information content (AvgIpc) is 3.53. The molecule has 1 amide bonds. The smallest absolute Gasteiger partial charge is 0.237 e. The first-order valence-corrected chi connectivity index (χ1v) is 11.3. The molecule has 0 spiro atoms. The van der Waals surface area contributed by atoms with Gasteiger partial charge in [-0.25, -0.2) is 0 Å². The van der Waals surface area contributed by atoms with Crippen LogP contribution >= 0.6 is 0 Å². The van der Waals surface area contributed by atoms with E-state index in [9.17, 15) is 15.3 Å². The van der Waals surface area contributed by atoms with Gasteiger partial charge in [0, 0.05) is 32.2 Å². The molecule has 5 fully saturated rings. The molecule has 180 valence electrons. The normalized spacial score (nSPS) is 42.3. The lowest BCUT2D eigenvalue weighted by molar-refractivity contribution is -0.275. The highest BCUT2D eigenvalue weighted by atomic mass is 16.8. The molecule has 5 aliphatic heterocycles. The van der Waals surface area contributed by atoms with Crippen molar-refractivity contribution in [2.45, 2.75) is 48.6 Å². The van der Waals surface area contributed by atoms with Gasteiger partial charge < -0.3 is 38.6 Å². The third kappa shape index (κ3) is 4.11. The second kappa shape index (κ2) is 9.41. The molecule has 0 saturated carbocycles. The molecule has 0 aliphatic carbocycles. The zero-order chi connectivity index (χ0) is 23.0. The van der Waals surface area contributed by atoms with Crippen LogP contribution in [0.3, 0.4) is 0 Å². The third-order valence-corrected chi connectivity index (χ3v) is 7.22. The topological polar surface area (TPSA) is 139 Å². The summed E-state index contributed by atoms with van der Waals surface area (Å²) >= 11 is 0. The first-order valence-electron chi connectivity index (χ1n) is 11.3. The number of rotatable bonds is 7. The molecule has 8 atom stereocenters. The van der Waals surface area contributed by atoms with Gasteiger partial charge in [0.1, 0.15) is 37.2 Å². The van der Waals surface area contributed by atoms with Crippen molar-refractivity contribution in [2.75, 3.05) is 60.1 Å². The Morgan fingerprint density at radius 1 is 1.18 bits per heavy atom.